The van der Waals surface area contributed by atoms with Crippen molar-refractivity contribution in [1.29, 1.82) is 0 Å². The predicted molar refractivity (Wildman–Crippen MR) is 144 cm³/mol. The van der Waals surface area contributed by atoms with Crippen LogP contribution in [0.15, 0.2) is 77.5 Å². The summed E-state index contributed by atoms with van der Waals surface area (Å²) in [5.41, 5.74) is 4.93. The van der Waals surface area contributed by atoms with Crippen molar-refractivity contribution in [3.8, 4) is 0 Å². The molecule has 4 aromatic rings. The fraction of sp³-hybridized carbons (Fsp3) is 0.310. The summed E-state index contributed by atoms with van der Waals surface area (Å²) in [4.78, 5) is 24.3. The van der Waals surface area contributed by atoms with Gasteiger partial charge in [-0.25, -0.2) is 0 Å². The van der Waals surface area contributed by atoms with Gasteiger partial charge in [-0.1, -0.05) is 24.3 Å². The molecule has 4 heterocycles. The molecule has 2 aliphatic rings. The monoisotopic (exact) mass is 498 g/mol. The van der Waals surface area contributed by atoms with Gasteiger partial charge < -0.3 is 14.6 Å². The molecule has 1 aliphatic carbocycles. The third-order valence-electron chi connectivity index (χ3n) is 7.23. The van der Waals surface area contributed by atoms with E-state index in [1.54, 1.807) is 23.5 Å². The first kappa shape index (κ1) is 23.0. The van der Waals surface area contributed by atoms with Crippen LogP contribution in [0.2, 0.25) is 0 Å². The molecule has 1 unspecified atom stereocenters. The Kier molecular flexibility index (Phi) is 6.57. The van der Waals surface area contributed by atoms with Crippen molar-refractivity contribution in [2.24, 2.45) is 0 Å². The van der Waals surface area contributed by atoms with E-state index in [4.69, 9.17) is 9.40 Å². The number of anilines is 2. The SMILES string of the molecule is O=C(Nc1sc2c(c1C(c1ccccn1)N1CCN(c3ccccc3)CC1)CCCC2)c1ccco1. The summed E-state index contributed by atoms with van der Waals surface area (Å²) in [6.07, 6.45) is 7.91. The minimum absolute atomic E-state index is 0.00544. The molecule has 0 spiro atoms. The molecule has 3 aromatic heterocycles. The Hall–Kier alpha value is -3.42. The van der Waals surface area contributed by atoms with Gasteiger partial charge in [0.25, 0.3) is 5.91 Å². The van der Waals surface area contributed by atoms with Gasteiger partial charge in [0.2, 0.25) is 0 Å². The van der Waals surface area contributed by atoms with Gasteiger partial charge in [-0.05, 0) is 67.6 Å². The lowest BCUT2D eigenvalue weighted by Gasteiger charge is -2.40. The summed E-state index contributed by atoms with van der Waals surface area (Å²) < 4.78 is 5.39. The van der Waals surface area contributed by atoms with Crippen LogP contribution < -0.4 is 10.2 Å². The van der Waals surface area contributed by atoms with E-state index in [1.807, 2.05) is 12.3 Å². The number of fused-ring (bicyclic) bond motifs is 1. The molecule has 184 valence electrons. The van der Waals surface area contributed by atoms with Crippen molar-refractivity contribution in [1.82, 2.24) is 9.88 Å². The molecule has 6 rings (SSSR count). The fourth-order valence-corrected chi connectivity index (χ4v) is 6.79. The Morgan fingerprint density at radius 1 is 0.944 bits per heavy atom. The van der Waals surface area contributed by atoms with Crippen molar-refractivity contribution in [3.63, 3.8) is 0 Å². The van der Waals surface area contributed by atoms with Crippen LogP contribution in [-0.2, 0) is 12.8 Å². The maximum atomic E-state index is 13.0. The number of aromatic nitrogens is 1. The number of carbonyl (C=O) groups excluding carboxylic acids is 1. The van der Waals surface area contributed by atoms with E-state index >= 15 is 0 Å². The van der Waals surface area contributed by atoms with Crippen molar-refractivity contribution < 1.29 is 9.21 Å². The highest BCUT2D eigenvalue weighted by Crippen LogP contribution is 2.45. The molecule has 36 heavy (non-hydrogen) atoms. The average Bonchev–Trinajstić information content (AvgIpc) is 3.60. The van der Waals surface area contributed by atoms with E-state index in [-0.39, 0.29) is 11.9 Å². The Morgan fingerprint density at radius 3 is 2.50 bits per heavy atom. The molecule has 1 fully saturated rings. The Bertz CT molecular complexity index is 1300. The summed E-state index contributed by atoms with van der Waals surface area (Å²) >= 11 is 1.73. The third kappa shape index (κ3) is 4.56. The highest BCUT2D eigenvalue weighted by Gasteiger charge is 2.34. The zero-order valence-corrected chi connectivity index (χ0v) is 21.0. The van der Waals surface area contributed by atoms with Crippen LogP contribution in [0.25, 0.3) is 0 Å². The Morgan fingerprint density at radius 2 is 1.75 bits per heavy atom. The smallest absolute Gasteiger partial charge is 0.291 e. The molecule has 1 aliphatic heterocycles. The fourth-order valence-electron chi connectivity index (χ4n) is 5.48. The Labute approximate surface area is 215 Å². The second kappa shape index (κ2) is 10.3. The zero-order chi connectivity index (χ0) is 24.3. The normalized spacial score (nSPS) is 16.9. The highest BCUT2D eigenvalue weighted by atomic mass is 32.1. The lowest BCUT2D eigenvalue weighted by molar-refractivity contribution is 0.0996. The van der Waals surface area contributed by atoms with Gasteiger partial charge in [-0.2, -0.15) is 0 Å². The highest BCUT2D eigenvalue weighted by molar-refractivity contribution is 7.16. The van der Waals surface area contributed by atoms with E-state index in [0.717, 1.165) is 49.7 Å². The first-order valence-corrected chi connectivity index (χ1v) is 13.5. The van der Waals surface area contributed by atoms with Crippen LogP contribution in [-0.4, -0.2) is 42.0 Å². The van der Waals surface area contributed by atoms with E-state index in [9.17, 15) is 4.79 Å². The van der Waals surface area contributed by atoms with Crippen molar-refractivity contribution in [2.75, 3.05) is 36.4 Å². The topological polar surface area (TPSA) is 61.6 Å². The van der Waals surface area contributed by atoms with E-state index < -0.39 is 0 Å². The molecule has 1 N–H and O–H groups in total. The van der Waals surface area contributed by atoms with Crippen LogP contribution >= 0.6 is 11.3 Å². The van der Waals surface area contributed by atoms with Gasteiger partial charge in [0, 0.05) is 48.5 Å². The molecule has 1 amide bonds. The zero-order valence-electron chi connectivity index (χ0n) is 20.2. The number of thiophene rings is 1. The van der Waals surface area contributed by atoms with Gasteiger partial charge in [0.15, 0.2) is 5.76 Å². The summed E-state index contributed by atoms with van der Waals surface area (Å²) in [5, 5.41) is 4.15. The van der Waals surface area contributed by atoms with Crippen LogP contribution in [0.3, 0.4) is 0 Å². The number of carbonyl (C=O) groups is 1. The number of aryl methyl sites for hydroxylation is 1. The molecule has 7 heteroatoms. The molecule has 1 aromatic carbocycles. The van der Waals surface area contributed by atoms with E-state index in [0.29, 0.717) is 5.76 Å². The van der Waals surface area contributed by atoms with E-state index in [2.05, 4.69) is 57.6 Å². The molecular formula is C29H30N4O2S. The largest absolute Gasteiger partial charge is 0.459 e. The first-order chi connectivity index (χ1) is 17.8. The summed E-state index contributed by atoms with van der Waals surface area (Å²) in [6, 6.07) is 20.2. The maximum absolute atomic E-state index is 13.0. The summed E-state index contributed by atoms with van der Waals surface area (Å²) in [7, 11) is 0. The number of nitrogens with one attached hydrogen (secondary N) is 1. The quantitative estimate of drug-likeness (QED) is 0.365. The lowest BCUT2D eigenvalue weighted by Crippen LogP contribution is -2.48. The summed E-state index contributed by atoms with van der Waals surface area (Å²) in [6.45, 7) is 3.75. The number of hydrogen-bond acceptors (Lipinski definition) is 6. The molecule has 6 nitrogen and oxygen atoms in total. The number of pyridine rings is 1. The number of hydrogen-bond donors (Lipinski definition) is 1. The number of furan rings is 1. The minimum Gasteiger partial charge on any atom is -0.459 e. The van der Waals surface area contributed by atoms with Crippen LogP contribution in [0.4, 0.5) is 10.7 Å². The Balaban J connectivity index is 1.36. The first-order valence-electron chi connectivity index (χ1n) is 12.7. The van der Waals surface area contributed by atoms with Crippen LogP contribution in [0.1, 0.15) is 51.1 Å². The number of benzene rings is 1. The van der Waals surface area contributed by atoms with Gasteiger partial charge in [-0.3, -0.25) is 14.7 Å². The molecule has 1 saturated heterocycles. The second-order valence-corrected chi connectivity index (χ2v) is 10.5. The van der Waals surface area contributed by atoms with Crippen molar-refractivity contribution >= 4 is 27.9 Å². The van der Waals surface area contributed by atoms with Gasteiger partial charge >= 0.3 is 0 Å². The van der Waals surface area contributed by atoms with Gasteiger partial charge in [-0.15, -0.1) is 11.3 Å². The third-order valence-corrected chi connectivity index (χ3v) is 8.45. The van der Waals surface area contributed by atoms with Gasteiger partial charge in [0.1, 0.15) is 5.00 Å². The molecule has 0 bridgehead atoms. The molecule has 1 atom stereocenters. The minimum atomic E-state index is -0.200. The number of piperazine rings is 1. The second-order valence-electron chi connectivity index (χ2n) is 9.40. The molecule has 0 radical (unpaired) electrons. The van der Waals surface area contributed by atoms with Crippen LogP contribution in [0, 0.1) is 0 Å². The average molecular weight is 499 g/mol. The summed E-state index contributed by atoms with van der Waals surface area (Å²) in [5.74, 6) is 0.131. The van der Waals surface area contributed by atoms with Crippen LogP contribution in [0.5, 0.6) is 0 Å². The number of rotatable bonds is 6. The number of para-hydroxylation sites is 1. The van der Waals surface area contributed by atoms with Crippen molar-refractivity contribution in [3.05, 3.63) is 101 Å². The standard InChI is InChI=1S/C29H30N4O2S/c34-28(24-13-8-20-35-24)31-29-26(22-11-4-5-14-25(22)36-29)27(23-12-6-7-15-30-23)33-18-16-32(17-19-33)21-9-2-1-3-10-21/h1-3,6-10,12-13,15,20,27H,4-5,11,14,16-19H2,(H,31,34). The number of nitrogens with zero attached hydrogens (tertiary/aromatic N) is 3. The van der Waals surface area contributed by atoms with E-state index in [1.165, 1.54) is 40.8 Å². The number of amides is 1. The maximum Gasteiger partial charge on any atom is 0.291 e. The lowest BCUT2D eigenvalue weighted by atomic mass is 9.90. The van der Waals surface area contributed by atoms with Gasteiger partial charge in [0.05, 0.1) is 18.0 Å². The molecule has 0 saturated carbocycles. The van der Waals surface area contributed by atoms with Crippen molar-refractivity contribution in [2.45, 2.75) is 31.7 Å². The molecular weight excluding hydrogens is 468 g/mol. The predicted octanol–water partition coefficient (Wildman–Crippen LogP) is 5.78.